The molecule has 0 bridgehead atoms. The summed E-state index contributed by atoms with van der Waals surface area (Å²) in [5.41, 5.74) is 6.08. The largest absolute Gasteiger partial charge is 0.385 e. The fourth-order valence-corrected chi connectivity index (χ4v) is 2.67. The van der Waals surface area contributed by atoms with Crippen molar-refractivity contribution < 1.29 is 4.74 Å². The first kappa shape index (κ1) is 15.9. The van der Waals surface area contributed by atoms with E-state index in [9.17, 15) is 0 Å². The van der Waals surface area contributed by atoms with Gasteiger partial charge in [-0.15, -0.1) is 0 Å². The van der Waals surface area contributed by atoms with Gasteiger partial charge in [-0.05, 0) is 26.7 Å². The standard InChI is InChI=1S/C14H31N3O/c1-5-13(2)16-7-9-17(10-8-16)14(3,12-15)6-11-18-4/h13H,5-12,15H2,1-4H3. The van der Waals surface area contributed by atoms with Crippen LogP contribution >= 0.6 is 0 Å². The SMILES string of the molecule is CCC(C)N1CCN(C(C)(CN)CCOC)CC1. The maximum atomic E-state index is 5.99. The third kappa shape index (κ3) is 3.92. The number of nitrogens with two attached hydrogens (primary N) is 1. The zero-order valence-electron chi connectivity index (χ0n) is 12.6. The van der Waals surface area contributed by atoms with Crippen molar-refractivity contribution in [2.24, 2.45) is 5.73 Å². The molecule has 1 aliphatic heterocycles. The highest BCUT2D eigenvalue weighted by Crippen LogP contribution is 2.21. The maximum absolute atomic E-state index is 5.99. The lowest BCUT2D eigenvalue weighted by Gasteiger charge is -2.46. The van der Waals surface area contributed by atoms with Crippen LogP contribution in [0.15, 0.2) is 0 Å². The zero-order valence-corrected chi connectivity index (χ0v) is 12.6. The van der Waals surface area contributed by atoms with Gasteiger partial charge in [-0.3, -0.25) is 9.80 Å². The number of hydrogen-bond donors (Lipinski definition) is 1. The van der Waals surface area contributed by atoms with Gasteiger partial charge < -0.3 is 10.5 Å². The number of nitrogens with zero attached hydrogens (tertiary/aromatic N) is 2. The number of piperazine rings is 1. The van der Waals surface area contributed by atoms with Crippen molar-refractivity contribution >= 4 is 0 Å². The summed E-state index contributed by atoms with van der Waals surface area (Å²) < 4.78 is 5.21. The molecule has 0 aliphatic carbocycles. The second-order valence-electron chi connectivity index (χ2n) is 5.72. The summed E-state index contributed by atoms with van der Waals surface area (Å²) in [6.45, 7) is 12.9. The minimum Gasteiger partial charge on any atom is -0.385 e. The highest BCUT2D eigenvalue weighted by atomic mass is 16.5. The van der Waals surface area contributed by atoms with Crippen molar-refractivity contribution in [3.8, 4) is 0 Å². The molecule has 0 amide bonds. The predicted molar refractivity (Wildman–Crippen MR) is 76.9 cm³/mol. The van der Waals surface area contributed by atoms with E-state index in [-0.39, 0.29) is 5.54 Å². The van der Waals surface area contributed by atoms with Crippen molar-refractivity contribution in [3.05, 3.63) is 0 Å². The van der Waals surface area contributed by atoms with Gasteiger partial charge in [0.15, 0.2) is 0 Å². The van der Waals surface area contributed by atoms with E-state index >= 15 is 0 Å². The van der Waals surface area contributed by atoms with Crippen LogP contribution in [-0.4, -0.2) is 67.8 Å². The van der Waals surface area contributed by atoms with Crippen molar-refractivity contribution in [2.45, 2.75) is 45.2 Å². The van der Waals surface area contributed by atoms with Gasteiger partial charge in [0.05, 0.1) is 0 Å². The Labute approximate surface area is 112 Å². The molecule has 1 heterocycles. The summed E-state index contributed by atoms with van der Waals surface area (Å²) in [4.78, 5) is 5.13. The van der Waals surface area contributed by atoms with Gasteiger partial charge in [0.1, 0.15) is 0 Å². The Balaban J connectivity index is 2.49. The summed E-state index contributed by atoms with van der Waals surface area (Å²) in [6, 6.07) is 0.704. The summed E-state index contributed by atoms with van der Waals surface area (Å²) in [5.74, 6) is 0. The van der Waals surface area contributed by atoms with E-state index in [1.54, 1.807) is 7.11 Å². The van der Waals surface area contributed by atoms with E-state index in [1.807, 2.05) is 0 Å². The molecule has 0 aromatic carbocycles. The summed E-state index contributed by atoms with van der Waals surface area (Å²) >= 11 is 0. The lowest BCUT2D eigenvalue weighted by molar-refractivity contribution is 0.0150. The van der Waals surface area contributed by atoms with Crippen LogP contribution in [0.2, 0.25) is 0 Å². The molecule has 4 nitrogen and oxygen atoms in total. The molecule has 0 saturated carbocycles. The van der Waals surface area contributed by atoms with E-state index in [1.165, 1.54) is 6.42 Å². The molecular formula is C14H31N3O. The number of rotatable bonds is 7. The Morgan fingerprint density at radius 1 is 1.28 bits per heavy atom. The molecule has 0 spiro atoms. The Morgan fingerprint density at radius 2 is 1.89 bits per heavy atom. The fraction of sp³-hybridized carbons (Fsp3) is 1.00. The highest BCUT2D eigenvalue weighted by molar-refractivity contribution is 4.90. The lowest BCUT2D eigenvalue weighted by atomic mass is 9.94. The lowest BCUT2D eigenvalue weighted by Crippen LogP contribution is -2.60. The van der Waals surface area contributed by atoms with Crippen LogP contribution in [0.25, 0.3) is 0 Å². The first-order chi connectivity index (χ1) is 8.57. The molecule has 0 aromatic heterocycles. The predicted octanol–water partition coefficient (Wildman–Crippen LogP) is 1.16. The quantitative estimate of drug-likeness (QED) is 0.743. The molecule has 0 aromatic rings. The van der Waals surface area contributed by atoms with Gasteiger partial charge in [0.25, 0.3) is 0 Å². The third-order valence-corrected chi connectivity index (χ3v) is 4.58. The van der Waals surface area contributed by atoms with Crippen LogP contribution in [0, 0.1) is 0 Å². The average molecular weight is 257 g/mol. The number of ether oxygens (including phenoxy) is 1. The molecule has 1 saturated heterocycles. The molecule has 18 heavy (non-hydrogen) atoms. The summed E-state index contributed by atoms with van der Waals surface area (Å²) in [6.07, 6.45) is 2.25. The number of hydrogen-bond acceptors (Lipinski definition) is 4. The van der Waals surface area contributed by atoms with Gasteiger partial charge in [0.2, 0.25) is 0 Å². The van der Waals surface area contributed by atoms with E-state index < -0.39 is 0 Å². The molecule has 2 N–H and O–H groups in total. The minimum absolute atomic E-state index is 0.0948. The fourth-order valence-electron chi connectivity index (χ4n) is 2.67. The molecule has 1 fully saturated rings. The monoisotopic (exact) mass is 257 g/mol. The topological polar surface area (TPSA) is 41.7 Å². The van der Waals surface area contributed by atoms with Crippen molar-refractivity contribution in [2.75, 3.05) is 46.4 Å². The number of methoxy groups -OCH3 is 1. The summed E-state index contributed by atoms with van der Waals surface area (Å²) in [5, 5.41) is 0. The van der Waals surface area contributed by atoms with Crippen LogP contribution in [0.3, 0.4) is 0 Å². The van der Waals surface area contributed by atoms with Crippen molar-refractivity contribution in [1.29, 1.82) is 0 Å². The molecule has 0 radical (unpaired) electrons. The molecule has 2 unspecified atom stereocenters. The molecule has 108 valence electrons. The van der Waals surface area contributed by atoms with Crippen molar-refractivity contribution in [1.82, 2.24) is 9.80 Å². The van der Waals surface area contributed by atoms with Crippen LogP contribution in [-0.2, 0) is 4.74 Å². The van der Waals surface area contributed by atoms with Crippen LogP contribution in [0.1, 0.15) is 33.6 Å². The normalized spacial score (nSPS) is 23.8. The van der Waals surface area contributed by atoms with Crippen molar-refractivity contribution in [3.63, 3.8) is 0 Å². The average Bonchev–Trinajstić information content (AvgIpc) is 2.44. The third-order valence-electron chi connectivity index (χ3n) is 4.58. The van der Waals surface area contributed by atoms with Gasteiger partial charge >= 0.3 is 0 Å². The molecule has 1 rings (SSSR count). The van der Waals surface area contributed by atoms with Crippen LogP contribution in [0.4, 0.5) is 0 Å². The Morgan fingerprint density at radius 3 is 2.33 bits per heavy atom. The molecule has 1 aliphatic rings. The molecule has 2 atom stereocenters. The minimum atomic E-state index is 0.0948. The second kappa shape index (κ2) is 7.43. The first-order valence-electron chi connectivity index (χ1n) is 7.25. The zero-order chi connectivity index (χ0) is 13.6. The van der Waals surface area contributed by atoms with Gasteiger partial charge in [-0.2, -0.15) is 0 Å². The molecular weight excluding hydrogens is 226 g/mol. The summed E-state index contributed by atoms with van der Waals surface area (Å²) in [7, 11) is 1.76. The highest BCUT2D eigenvalue weighted by Gasteiger charge is 2.33. The molecule has 4 heteroatoms. The van der Waals surface area contributed by atoms with E-state index in [0.717, 1.165) is 39.2 Å². The van der Waals surface area contributed by atoms with Gasteiger partial charge in [-0.1, -0.05) is 6.92 Å². The van der Waals surface area contributed by atoms with Gasteiger partial charge in [0, 0.05) is 58.0 Å². The van der Waals surface area contributed by atoms with E-state index in [2.05, 4.69) is 30.6 Å². The Hall–Kier alpha value is -0.160. The first-order valence-corrected chi connectivity index (χ1v) is 7.25. The maximum Gasteiger partial charge on any atom is 0.0480 e. The second-order valence-corrected chi connectivity index (χ2v) is 5.72. The smallest absolute Gasteiger partial charge is 0.0480 e. The van der Waals surface area contributed by atoms with E-state index in [0.29, 0.717) is 12.6 Å². The van der Waals surface area contributed by atoms with Crippen LogP contribution in [0.5, 0.6) is 0 Å². The van der Waals surface area contributed by atoms with Crippen LogP contribution < -0.4 is 5.73 Å². The Kier molecular flexibility index (Phi) is 6.57. The van der Waals surface area contributed by atoms with Gasteiger partial charge in [-0.25, -0.2) is 0 Å². The Bertz CT molecular complexity index is 229. The van der Waals surface area contributed by atoms with E-state index in [4.69, 9.17) is 10.5 Å².